The van der Waals surface area contributed by atoms with E-state index >= 15 is 0 Å². The van der Waals surface area contributed by atoms with E-state index < -0.39 is 28.9 Å². The molecule has 0 atom stereocenters. The van der Waals surface area contributed by atoms with Crippen molar-refractivity contribution < 1.29 is 28.5 Å². The van der Waals surface area contributed by atoms with Crippen LogP contribution in [0, 0.1) is 11.6 Å². The molecule has 4 nitrogen and oxygen atoms in total. The summed E-state index contributed by atoms with van der Waals surface area (Å²) in [5, 5.41) is 19.0. The van der Waals surface area contributed by atoms with Gasteiger partial charge in [0.1, 0.15) is 0 Å². The van der Waals surface area contributed by atoms with E-state index in [0.717, 1.165) is 18.2 Å². The fraction of sp³-hybridized carbons (Fsp3) is 0. The van der Waals surface area contributed by atoms with Gasteiger partial charge in [0.25, 0.3) is 0 Å². The van der Waals surface area contributed by atoms with Crippen LogP contribution >= 0.6 is 0 Å². The summed E-state index contributed by atoms with van der Waals surface area (Å²) in [5.41, 5.74) is -0.122. The SMILES string of the molecule is O=C1C(=Cc2cccc(F)c2F)Oc2c1ccc(O)c2O. The lowest BCUT2D eigenvalue weighted by atomic mass is 10.1. The molecule has 1 aliphatic rings. The molecule has 106 valence electrons. The van der Waals surface area contributed by atoms with E-state index in [4.69, 9.17) is 4.74 Å². The largest absolute Gasteiger partial charge is 0.504 e. The third-order valence-electron chi connectivity index (χ3n) is 3.06. The number of allylic oxidation sites excluding steroid dienone is 1. The van der Waals surface area contributed by atoms with Gasteiger partial charge in [0.15, 0.2) is 28.9 Å². The van der Waals surface area contributed by atoms with Gasteiger partial charge in [0.2, 0.25) is 11.5 Å². The van der Waals surface area contributed by atoms with E-state index in [2.05, 4.69) is 0 Å². The predicted octanol–water partition coefficient (Wildman–Crippen LogP) is 2.99. The van der Waals surface area contributed by atoms with E-state index in [9.17, 15) is 23.8 Å². The molecule has 2 N–H and O–H groups in total. The van der Waals surface area contributed by atoms with Crippen molar-refractivity contribution in [1.29, 1.82) is 0 Å². The Balaban J connectivity index is 2.07. The highest BCUT2D eigenvalue weighted by atomic mass is 19.2. The number of benzene rings is 2. The Morgan fingerprint density at radius 1 is 1.10 bits per heavy atom. The number of hydrogen-bond donors (Lipinski definition) is 2. The molecule has 0 amide bonds. The number of Topliss-reactive ketones (excluding diaryl/α,β-unsaturated/α-hetero) is 1. The van der Waals surface area contributed by atoms with E-state index in [1.54, 1.807) is 0 Å². The highest BCUT2D eigenvalue weighted by Crippen LogP contribution is 2.44. The molecule has 0 unspecified atom stereocenters. The summed E-state index contributed by atoms with van der Waals surface area (Å²) in [7, 11) is 0. The van der Waals surface area contributed by atoms with E-state index in [1.165, 1.54) is 18.2 Å². The Morgan fingerprint density at radius 3 is 2.62 bits per heavy atom. The van der Waals surface area contributed by atoms with Gasteiger partial charge < -0.3 is 14.9 Å². The lowest BCUT2D eigenvalue weighted by Gasteiger charge is -2.03. The van der Waals surface area contributed by atoms with Gasteiger partial charge in [-0.1, -0.05) is 12.1 Å². The van der Waals surface area contributed by atoms with Crippen molar-refractivity contribution in [3.05, 3.63) is 58.9 Å². The van der Waals surface area contributed by atoms with Crippen LogP contribution in [-0.4, -0.2) is 16.0 Å². The van der Waals surface area contributed by atoms with Crippen LogP contribution in [0.5, 0.6) is 17.2 Å². The van der Waals surface area contributed by atoms with Crippen LogP contribution in [0.2, 0.25) is 0 Å². The third kappa shape index (κ3) is 2.01. The molecular formula is C15H8F2O4. The average Bonchev–Trinajstić information content (AvgIpc) is 2.77. The van der Waals surface area contributed by atoms with Crippen LogP contribution in [0.25, 0.3) is 6.08 Å². The molecule has 0 aromatic heterocycles. The Labute approximate surface area is 117 Å². The van der Waals surface area contributed by atoms with Gasteiger partial charge in [-0.05, 0) is 24.3 Å². The fourth-order valence-corrected chi connectivity index (χ4v) is 2.00. The molecule has 1 heterocycles. The smallest absolute Gasteiger partial charge is 0.232 e. The van der Waals surface area contributed by atoms with Crippen LogP contribution in [0.1, 0.15) is 15.9 Å². The van der Waals surface area contributed by atoms with Crippen molar-refractivity contribution in [2.45, 2.75) is 0 Å². The highest BCUT2D eigenvalue weighted by molar-refractivity contribution is 6.15. The van der Waals surface area contributed by atoms with Gasteiger partial charge in [-0.25, -0.2) is 8.78 Å². The summed E-state index contributed by atoms with van der Waals surface area (Å²) in [4.78, 5) is 12.1. The van der Waals surface area contributed by atoms with Gasteiger partial charge in [-0.2, -0.15) is 0 Å². The second-order valence-corrected chi connectivity index (χ2v) is 4.39. The zero-order valence-corrected chi connectivity index (χ0v) is 10.4. The van der Waals surface area contributed by atoms with E-state index in [-0.39, 0.29) is 22.6 Å². The molecule has 0 bridgehead atoms. The summed E-state index contributed by atoms with van der Waals surface area (Å²) in [6, 6.07) is 5.94. The Morgan fingerprint density at radius 2 is 1.86 bits per heavy atom. The third-order valence-corrected chi connectivity index (χ3v) is 3.06. The van der Waals surface area contributed by atoms with Crippen molar-refractivity contribution in [1.82, 2.24) is 0 Å². The molecular weight excluding hydrogens is 282 g/mol. The minimum absolute atomic E-state index is 0.0355. The first-order chi connectivity index (χ1) is 9.99. The van der Waals surface area contributed by atoms with Crippen molar-refractivity contribution in [3.63, 3.8) is 0 Å². The molecule has 21 heavy (non-hydrogen) atoms. The van der Waals surface area contributed by atoms with Crippen LogP contribution in [0.15, 0.2) is 36.1 Å². The van der Waals surface area contributed by atoms with Gasteiger partial charge in [0.05, 0.1) is 5.56 Å². The first-order valence-electron chi connectivity index (χ1n) is 5.92. The summed E-state index contributed by atoms with van der Waals surface area (Å²) in [6.45, 7) is 0. The van der Waals surface area contributed by atoms with Crippen LogP contribution in [0.3, 0.4) is 0 Å². The van der Waals surface area contributed by atoms with Crippen molar-refractivity contribution in [3.8, 4) is 17.2 Å². The number of carbonyl (C=O) groups is 1. The van der Waals surface area contributed by atoms with Crippen molar-refractivity contribution in [2.75, 3.05) is 0 Å². The number of ketones is 1. The maximum absolute atomic E-state index is 13.6. The predicted molar refractivity (Wildman–Crippen MR) is 69.1 cm³/mol. The highest BCUT2D eigenvalue weighted by Gasteiger charge is 2.31. The zero-order chi connectivity index (χ0) is 15.1. The number of halogens is 2. The van der Waals surface area contributed by atoms with Gasteiger partial charge >= 0.3 is 0 Å². The average molecular weight is 290 g/mol. The molecule has 3 rings (SSSR count). The van der Waals surface area contributed by atoms with Crippen molar-refractivity contribution in [2.24, 2.45) is 0 Å². The molecule has 0 spiro atoms. The first-order valence-corrected chi connectivity index (χ1v) is 5.92. The van der Waals surface area contributed by atoms with Crippen LogP contribution in [-0.2, 0) is 0 Å². The lowest BCUT2D eigenvalue weighted by molar-refractivity contribution is 0.101. The number of phenols is 2. The number of carbonyl (C=O) groups excluding carboxylic acids is 1. The molecule has 0 aliphatic carbocycles. The molecule has 2 aromatic rings. The monoisotopic (exact) mass is 290 g/mol. The minimum atomic E-state index is -1.11. The Hall–Kier alpha value is -2.89. The quantitative estimate of drug-likeness (QED) is 0.626. The molecule has 0 radical (unpaired) electrons. The molecule has 1 aliphatic heterocycles. The number of ether oxygens (including phenoxy) is 1. The van der Waals surface area contributed by atoms with E-state index in [0.29, 0.717) is 0 Å². The summed E-state index contributed by atoms with van der Waals surface area (Å²) in [6.07, 6.45) is 1.04. The van der Waals surface area contributed by atoms with Crippen LogP contribution in [0.4, 0.5) is 8.78 Å². The first kappa shape index (κ1) is 13.1. The lowest BCUT2D eigenvalue weighted by Crippen LogP contribution is -1.99. The maximum Gasteiger partial charge on any atom is 0.232 e. The molecule has 6 heteroatoms. The van der Waals surface area contributed by atoms with E-state index in [1.807, 2.05) is 0 Å². The molecule has 2 aromatic carbocycles. The Bertz CT molecular complexity index is 797. The fourth-order valence-electron chi connectivity index (χ4n) is 2.00. The Kier molecular flexibility index (Phi) is 2.86. The summed E-state index contributed by atoms with van der Waals surface area (Å²) in [5.74, 6) is -4.25. The molecule has 0 fully saturated rings. The van der Waals surface area contributed by atoms with Crippen molar-refractivity contribution >= 4 is 11.9 Å². The number of phenolic OH excluding ortho intramolecular Hbond substituents is 2. The van der Waals surface area contributed by atoms with Gasteiger partial charge in [-0.15, -0.1) is 0 Å². The number of fused-ring (bicyclic) bond motifs is 1. The summed E-state index contributed by atoms with van der Waals surface area (Å²) < 4.78 is 31.8. The molecule has 0 saturated carbocycles. The summed E-state index contributed by atoms with van der Waals surface area (Å²) >= 11 is 0. The normalized spacial score (nSPS) is 15.1. The van der Waals surface area contributed by atoms with Gasteiger partial charge in [0, 0.05) is 5.56 Å². The zero-order valence-electron chi connectivity index (χ0n) is 10.4. The van der Waals surface area contributed by atoms with Crippen LogP contribution < -0.4 is 4.74 Å². The minimum Gasteiger partial charge on any atom is -0.504 e. The van der Waals surface area contributed by atoms with Gasteiger partial charge in [-0.3, -0.25) is 4.79 Å². The number of aromatic hydroxyl groups is 2. The topological polar surface area (TPSA) is 66.8 Å². The number of hydrogen-bond acceptors (Lipinski definition) is 4. The number of rotatable bonds is 1. The maximum atomic E-state index is 13.6. The molecule has 0 saturated heterocycles. The second kappa shape index (κ2) is 4.59. The second-order valence-electron chi connectivity index (χ2n) is 4.39. The standard InChI is InChI=1S/C15H8F2O4/c16-9-3-1-2-7(12(9)17)6-11-13(19)8-4-5-10(18)14(20)15(8)21-11/h1-6,18,20H.